The Labute approximate surface area is 345 Å². The van der Waals surface area contributed by atoms with Crippen molar-refractivity contribution in [1.82, 2.24) is 0 Å². The van der Waals surface area contributed by atoms with E-state index in [1.54, 1.807) is 0 Å². The van der Waals surface area contributed by atoms with Gasteiger partial charge in [-0.15, -0.1) is 18.2 Å². The molecule has 5 aromatic rings. The second-order valence-corrected chi connectivity index (χ2v) is 16.5. The highest BCUT2D eigenvalue weighted by Crippen LogP contribution is 2.57. The summed E-state index contributed by atoms with van der Waals surface area (Å²) in [7, 11) is 0. The standard InChI is InChI=1S/C55H49NS/c1-8-10-27-43(32-31-40-22-17-20-30-52(40)57-7)56(51-36-35-47-46-28-18-19-29-49(46)54(5,6)53(47)39(51)4)44-33-34-45-38(3)48(21-9-2)55(50(45)37-44,41-23-13-11-14-24-41)42-25-15-12-16-26-42/h1,9-16,18,20-21,23-28,30,32-37H,17,22,31H2,2-7H3/b21-9-,27-10-,43-32+. The van der Waals surface area contributed by atoms with Gasteiger partial charge in [0.1, 0.15) is 0 Å². The van der Waals surface area contributed by atoms with Crippen LogP contribution in [0.4, 0.5) is 11.4 Å². The van der Waals surface area contributed by atoms with E-state index in [9.17, 15) is 0 Å². The van der Waals surface area contributed by atoms with Crippen molar-refractivity contribution in [3.05, 3.63) is 218 Å². The maximum absolute atomic E-state index is 6.00. The fraction of sp³-hybridized carbons (Fsp3) is 0.200. The molecule has 3 aliphatic carbocycles. The number of benzene rings is 4. The quantitative estimate of drug-likeness (QED) is 0.103. The lowest BCUT2D eigenvalue weighted by molar-refractivity contribution is 0.656. The molecule has 0 heterocycles. The lowest BCUT2D eigenvalue weighted by Crippen LogP contribution is -2.30. The van der Waals surface area contributed by atoms with Crippen LogP contribution >= 0.6 is 11.8 Å². The van der Waals surface area contributed by atoms with Crippen molar-refractivity contribution in [2.24, 2.45) is 0 Å². The summed E-state index contributed by atoms with van der Waals surface area (Å²) in [6.07, 6.45) is 26.6. The Balaban J connectivity index is 1.42. The zero-order chi connectivity index (χ0) is 39.7. The van der Waals surface area contributed by atoms with E-state index in [-0.39, 0.29) is 5.41 Å². The molecule has 0 spiro atoms. The fourth-order valence-corrected chi connectivity index (χ4v) is 10.5. The number of terminal acetylenes is 1. The molecule has 0 unspecified atom stereocenters. The van der Waals surface area contributed by atoms with Gasteiger partial charge in [0.05, 0.1) is 5.41 Å². The highest BCUT2D eigenvalue weighted by Gasteiger charge is 2.46. The first-order valence-electron chi connectivity index (χ1n) is 20.0. The van der Waals surface area contributed by atoms with Crippen LogP contribution in [0.25, 0.3) is 16.7 Å². The Morgan fingerprint density at radius 2 is 1.63 bits per heavy atom. The third-order valence-corrected chi connectivity index (χ3v) is 13.1. The molecule has 5 aromatic carbocycles. The minimum absolute atomic E-state index is 0.241. The lowest BCUT2D eigenvalue weighted by atomic mass is 9.66. The van der Waals surface area contributed by atoms with Gasteiger partial charge >= 0.3 is 0 Å². The number of nitrogens with zero attached hydrogens (tertiary/aromatic N) is 1. The molecule has 0 radical (unpaired) electrons. The normalized spacial score (nSPS) is 16.5. The van der Waals surface area contributed by atoms with E-state index in [0.717, 1.165) is 36.3 Å². The summed E-state index contributed by atoms with van der Waals surface area (Å²) in [5, 5.41) is 0. The average molecular weight is 756 g/mol. The van der Waals surface area contributed by atoms with Crippen LogP contribution in [0, 0.1) is 31.4 Å². The molecule has 2 heteroatoms. The van der Waals surface area contributed by atoms with Crippen molar-refractivity contribution < 1.29 is 0 Å². The maximum atomic E-state index is 6.00. The molecule has 0 atom stereocenters. The van der Waals surface area contributed by atoms with Gasteiger partial charge in [-0.2, -0.15) is 0 Å². The van der Waals surface area contributed by atoms with Gasteiger partial charge in [0, 0.05) is 33.0 Å². The minimum atomic E-state index is -0.524. The number of rotatable bonds is 10. The summed E-state index contributed by atoms with van der Waals surface area (Å²) in [5.41, 5.74) is 17.9. The zero-order valence-corrected chi connectivity index (χ0v) is 34.7. The maximum Gasteiger partial charge on any atom is 0.0710 e. The second kappa shape index (κ2) is 15.5. The first kappa shape index (κ1) is 38.0. The molecule has 1 nitrogen and oxygen atoms in total. The largest absolute Gasteiger partial charge is 0.311 e. The molecule has 8 rings (SSSR count). The Morgan fingerprint density at radius 1 is 0.912 bits per heavy atom. The van der Waals surface area contributed by atoms with Crippen molar-refractivity contribution in [3.8, 4) is 23.5 Å². The molecule has 57 heavy (non-hydrogen) atoms. The molecule has 0 fully saturated rings. The van der Waals surface area contributed by atoms with E-state index in [4.69, 9.17) is 6.42 Å². The molecule has 0 saturated carbocycles. The third kappa shape index (κ3) is 6.25. The van der Waals surface area contributed by atoms with E-state index in [1.807, 2.05) is 23.9 Å². The van der Waals surface area contributed by atoms with E-state index >= 15 is 0 Å². The lowest BCUT2D eigenvalue weighted by Gasteiger charge is -2.36. The predicted molar refractivity (Wildman–Crippen MR) is 245 cm³/mol. The Hall–Kier alpha value is -5.93. The Morgan fingerprint density at radius 3 is 2.32 bits per heavy atom. The van der Waals surface area contributed by atoms with Crippen LogP contribution in [0.1, 0.15) is 85.9 Å². The predicted octanol–water partition coefficient (Wildman–Crippen LogP) is 14.2. The monoisotopic (exact) mass is 755 g/mol. The molecule has 3 aliphatic rings. The number of fused-ring (bicyclic) bond motifs is 4. The molecular weight excluding hydrogens is 707 g/mol. The first-order chi connectivity index (χ1) is 27.8. The van der Waals surface area contributed by atoms with Gasteiger partial charge < -0.3 is 4.90 Å². The number of allylic oxidation sites excluding steroid dienone is 10. The summed E-state index contributed by atoms with van der Waals surface area (Å²) < 4.78 is 0. The Kier molecular flexibility index (Phi) is 10.4. The van der Waals surface area contributed by atoms with Crippen LogP contribution in [0.15, 0.2) is 167 Å². The van der Waals surface area contributed by atoms with Crippen LogP contribution in [-0.2, 0) is 10.8 Å². The molecule has 0 aromatic heterocycles. The fourth-order valence-electron chi connectivity index (χ4n) is 9.79. The van der Waals surface area contributed by atoms with Gasteiger partial charge in [0.2, 0.25) is 0 Å². The van der Waals surface area contributed by atoms with Crippen LogP contribution in [0.3, 0.4) is 0 Å². The first-order valence-corrected chi connectivity index (χ1v) is 21.2. The number of thioether (sulfide) groups is 1. The highest BCUT2D eigenvalue weighted by atomic mass is 32.2. The average Bonchev–Trinajstić information content (AvgIpc) is 3.64. The molecular formula is C55H49NS. The SMILES string of the molecule is C#C/C=C\C(=C/CC1=C(SC)C=CCC1)N(c1ccc2c(c1)C(c1ccccc1)(c1ccccc1)C(/C=C\C)=C2C)c1ccc2c(c1C)C(C)(C)c1c#cccc1-2. The van der Waals surface area contributed by atoms with E-state index in [1.165, 1.54) is 71.7 Å². The molecule has 0 saturated heterocycles. The van der Waals surface area contributed by atoms with E-state index in [0.29, 0.717) is 0 Å². The highest BCUT2D eigenvalue weighted by molar-refractivity contribution is 8.02. The zero-order valence-electron chi connectivity index (χ0n) is 33.9. The van der Waals surface area contributed by atoms with Crippen molar-refractivity contribution in [2.75, 3.05) is 11.2 Å². The summed E-state index contributed by atoms with van der Waals surface area (Å²) >= 11 is 1.83. The van der Waals surface area contributed by atoms with Crippen molar-refractivity contribution in [3.63, 3.8) is 0 Å². The molecule has 0 amide bonds. The van der Waals surface area contributed by atoms with E-state index < -0.39 is 5.41 Å². The van der Waals surface area contributed by atoms with Crippen LogP contribution < -0.4 is 4.90 Å². The Bertz CT molecular complexity index is 2540. The molecule has 280 valence electrons. The van der Waals surface area contributed by atoms with Crippen molar-refractivity contribution >= 4 is 28.7 Å². The van der Waals surface area contributed by atoms with Gasteiger partial charge in [-0.05, 0) is 144 Å². The summed E-state index contributed by atoms with van der Waals surface area (Å²) in [4.78, 5) is 3.82. The van der Waals surface area contributed by atoms with Gasteiger partial charge in [-0.3, -0.25) is 0 Å². The number of hydrogen-bond acceptors (Lipinski definition) is 2. The topological polar surface area (TPSA) is 3.24 Å². The third-order valence-electron chi connectivity index (χ3n) is 12.3. The minimum Gasteiger partial charge on any atom is -0.311 e. The van der Waals surface area contributed by atoms with Crippen LogP contribution in [0.2, 0.25) is 0 Å². The molecule has 0 bridgehead atoms. The summed E-state index contributed by atoms with van der Waals surface area (Å²) in [6, 6.07) is 44.7. The molecule has 0 N–H and O–H groups in total. The summed E-state index contributed by atoms with van der Waals surface area (Å²) in [5.74, 6) is 2.82. The second-order valence-electron chi connectivity index (χ2n) is 15.7. The van der Waals surface area contributed by atoms with Crippen molar-refractivity contribution in [1.29, 1.82) is 0 Å². The van der Waals surface area contributed by atoms with Gasteiger partial charge in [-0.25, -0.2) is 0 Å². The summed E-state index contributed by atoms with van der Waals surface area (Å²) in [6.45, 7) is 11.4. The van der Waals surface area contributed by atoms with E-state index in [2.05, 4.69) is 197 Å². The van der Waals surface area contributed by atoms with Gasteiger partial charge in [0.15, 0.2) is 0 Å². The van der Waals surface area contributed by atoms with Gasteiger partial charge in [0.25, 0.3) is 0 Å². The van der Waals surface area contributed by atoms with Crippen LogP contribution in [0.5, 0.6) is 0 Å². The number of anilines is 2. The van der Waals surface area contributed by atoms with Crippen molar-refractivity contribution in [2.45, 2.75) is 64.7 Å². The smallest absolute Gasteiger partial charge is 0.0710 e. The van der Waals surface area contributed by atoms with Gasteiger partial charge in [-0.1, -0.05) is 141 Å². The number of hydrogen-bond donors (Lipinski definition) is 0. The molecule has 0 aliphatic heterocycles. The van der Waals surface area contributed by atoms with Crippen LogP contribution in [-0.4, -0.2) is 6.26 Å².